The second-order valence-electron chi connectivity index (χ2n) is 4.85. The molecule has 0 radical (unpaired) electrons. The maximum absolute atomic E-state index is 12.1. The SMILES string of the molecule is CCc1cccc(NC2CC(=O)N(N(C)C)C2=O)c1. The molecule has 1 N–H and O–H groups in total. The van der Waals surface area contributed by atoms with E-state index in [0.717, 1.165) is 12.1 Å². The second-order valence-corrected chi connectivity index (χ2v) is 4.85. The number of nitrogens with zero attached hydrogens (tertiary/aromatic N) is 2. The van der Waals surface area contributed by atoms with Gasteiger partial charge in [0.2, 0.25) is 5.91 Å². The minimum absolute atomic E-state index is 0.167. The summed E-state index contributed by atoms with van der Waals surface area (Å²) >= 11 is 0. The molecule has 1 heterocycles. The van der Waals surface area contributed by atoms with Gasteiger partial charge in [-0.1, -0.05) is 19.1 Å². The number of imide groups is 1. The fourth-order valence-electron chi connectivity index (χ4n) is 2.23. The number of carbonyl (C=O) groups excluding carboxylic acids is 2. The highest BCUT2D eigenvalue weighted by molar-refractivity contribution is 6.06. The van der Waals surface area contributed by atoms with Gasteiger partial charge in [0.1, 0.15) is 6.04 Å². The smallest absolute Gasteiger partial charge is 0.266 e. The van der Waals surface area contributed by atoms with Gasteiger partial charge in [-0.15, -0.1) is 0 Å². The van der Waals surface area contributed by atoms with E-state index >= 15 is 0 Å². The highest BCUT2D eigenvalue weighted by atomic mass is 16.2. The summed E-state index contributed by atoms with van der Waals surface area (Å²) in [5, 5.41) is 5.85. The summed E-state index contributed by atoms with van der Waals surface area (Å²) in [7, 11) is 3.38. The number of benzene rings is 1. The molecule has 2 rings (SSSR count). The zero-order valence-electron chi connectivity index (χ0n) is 11.5. The molecule has 5 nitrogen and oxygen atoms in total. The molecule has 0 bridgehead atoms. The second kappa shape index (κ2) is 5.40. The highest BCUT2D eigenvalue weighted by Crippen LogP contribution is 2.19. The van der Waals surface area contributed by atoms with Gasteiger partial charge in [-0.2, -0.15) is 0 Å². The van der Waals surface area contributed by atoms with Crippen molar-refractivity contribution in [3.05, 3.63) is 29.8 Å². The van der Waals surface area contributed by atoms with Crippen LogP contribution in [0.3, 0.4) is 0 Å². The van der Waals surface area contributed by atoms with Crippen LogP contribution in [0.25, 0.3) is 0 Å². The van der Waals surface area contributed by atoms with Crippen molar-refractivity contribution in [2.75, 3.05) is 19.4 Å². The van der Waals surface area contributed by atoms with Crippen molar-refractivity contribution >= 4 is 17.5 Å². The van der Waals surface area contributed by atoms with Crippen LogP contribution in [0.2, 0.25) is 0 Å². The van der Waals surface area contributed by atoms with Crippen LogP contribution < -0.4 is 5.32 Å². The van der Waals surface area contributed by atoms with Crippen LogP contribution in [0, 0.1) is 0 Å². The van der Waals surface area contributed by atoms with E-state index in [1.165, 1.54) is 15.6 Å². The van der Waals surface area contributed by atoms with Crippen molar-refractivity contribution in [3.8, 4) is 0 Å². The van der Waals surface area contributed by atoms with Crippen LogP contribution in [0.4, 0.5) is 5.69 Å². The van der Waals surface area contributed by atoms with E-state index in [-0.39, 0.29) is 18.2 Å². The molecule has 1 atom stereocenters. The Balaban J connectivity index is 2.12. The molecule has 1 aliphatic rings. The molecular formula is C14H19N3O2. The molecule has 2 amide bonds. The molecule has 1 unspecified atom stereocenters. The van der Waals surface area contributed by atoms with Gasteiger partial charge in [0.05, 0.1) is 6.42 Å². The minimum Gasteiger partial charge on any atom is -0.373 e. The summed E-state index contributed by atoms with van der Waals surface area (Å²) in [6.45, 7) is 2.08. The summed E-state index contributed by atoms with van der Waals surface area (Å²) in [6.07, 6.45) is 1.14. The first-order valence-electron chi connectivity index (χ1n) is 6.42. The Kier molecular flexibility index (Phi) is 3.85. The molecule has 0 aliphatic carbocycles. The zero-order valence-corrected chi connectivity index (χ0v) is 11.5. The van der Waals surface area contributed by atoms with E-state index in [9.17, 15) is 9.59 Å². The van der Waals surface area contributed by atoms with Gasteiger partial charge in [-0.25, -0.2) is 10.0 Å². The Hall–Kier alpha value is -1.88. The monoisotopic (exact) mass is 261 g/mol. The summed E-state index contributed by atoms with van der Waals surface area (Å²) in [5.41, 5.74) is 2.08. The highest BCUT2D eigenvalue weighted by Gasteiger charge is 2.40. The topological polar surface area (TPSA) is 52.7 Å². The van der Waals surface area contributed by atoms with Crippen LogP contribution in [0.15, 0.2) is 24.3 Å². The predicted octanol–water partition coefficient (Wildman–Crippen LogP) is 1.26. The third kappa shape index (κ3) is 2.76. The molecule has 1 saturated heterocycles. The van der Waals surface area contributed by atoms with Crippen molar-refractivity contribution in [3.63, 3.8) is 0 Å². The van der Waals surface area contributed by atoms with Gasteiger partial charge in [-0.05, 0) is 24.1 Å². The molecule has 0 saturated carbocycles. The number of nitrogens with one attached hydrogen (secondary N) is 1. The van der Waals surface area contributed by atoms with Gasteiger partial charge in [-0.3, -0.25) is 9.59 Å². The average Bonchev–Trinajstić information content (AvgIpc) is 2.64. The lowest BCUT2D eigenvalue weighted by Crippen LogP contribution is -2.43. The van der Waals surface area contributed by atoms with Crippen LogP contribution >= 0.6 is 0 Å². The summed E-state index contributed by atoms with van der Waals surface area (Å²) in [4.78, 5) is 23.9. The summed E-state index contributed by atoms with van der Waals surface area (Å²) < 4.78 is 0. The molecule has 0 aromatic heterocycles. The molecule has 102 valence electrons. The number of rotatable bonds is 4. The first-order chi connectivity index (χ1) is 9.02. The summed E-state index contributed by atoms with van der Waals surface area (Å²) in [6, 6.07) is 7.44. The number of hydrazine groups is 1. The Bertz CT molecular complexity index is 499. The molecule has 5 heteroatoms. The van der Waals surface area contributed by atoms with Gasteiger partial charge >= 0.3 is 0 Å². The molecule has 0 spiro atoms. The normalized spacial score (nSPS) is 19.4. The lowest BCUT2D eigenvalue weighted by atomic mass is 10.1. The molecular weight excluding hydrogens is 242 g/mol. The number of carbonyl (C=O) groups is 2. The van der Waals surface area contributed by atoms with E-state index < -0.39 is 6.04 Å². The Morgan fingerprint density at radius 3 is 2.68 bits per heavy atom. The predicted molar refractivity (Wildman–Crippen MR) is 73.4 cm³/mol. The third-order valence-electron chi connectivity index (χ3n) is 3.20. The average molecular weight is 261 g/mol. The number of hydrogen-bond donors (Lipinski definition) is 1. The van der Waals surface area contributed by atoms with Crippen molar-refractivity contribution in [1.29, 1.82) is 0 Å². The third-order valence-corrected chi connectivity index (χ3v) is 3.20. The van der Waals surface area contributed by atoms with E-state index in [0.29, 0.717) is 0 Å². The van der Waals surface area contributed by atoms with Crippen molar-refractivity contribution in [2.24, 2.45) is 0 Å². The van der Waals surface area contributed by atoms with Gasteiger partial charge in [0, 0.05) is 19.8 Å². The van der Waals surface area contributed by atoms with E-state index in [2.05, 4.69) is 12.2 Å². The zero-order chi connectivity index (χ0) is 14.0. The number of aryl methyl sites for hydroxylation is 1. The minimum atomic E-state index is -0.470. The van der Waals surface area contributed by atoms with Crippen molar-refractivity contribution < 1.29 is 9.59 Å². The van der Waals surface area contributed by atoms with Gasteiger partial charge < -0.3 is 5.32 Å². The fourth-order valence-corrected chi connectivity index (χ4v) is 2.23. The summed E-state index contributed by atoms with van der Waals surface area (Å²) in [5.74, 6) is -0.365. The Morgan fingerprint density at radius 2 is 2.11 bits per heavy atom. The van der Waals surface area contributed by atoms with Crippen LogP contribution in [-0.4, -0.2) is 42.0 Å². The Labute approximate surface area is 113 Å². The van der Waals surface area contributed by atoms with Gasteiger partial charge in [0.25, 0.3) is 5.91 Å². The van der Waals surface area contributed by atoms with Crippen molar-refractivity contribution in [2.45, 2.75) is 25.8 Å². The molecule has 1 fully saturated rings. The van der Waals surface area contributed by atoms with E-state index in [1.807, 2.05) is 24.3 Å². The fraction of sp³-hybridized carbons (Fsp3) is 0.429. The number of amides is 2. The number of anilines is 1. The molecule has 1 aliphatic heterocycles. The number of hydrogen-bond acceptors (Lipinski definition) is 4. The largest absolute Gasteiger partial charge is 0.373 e. The maximum Gasteiger partial charge on any atom is 0.266 e. The first kappa shape index (κ1) is 13.5. The lowest BCUT2D eigenvalue weighted by Gasteiger charge is -2.22. The lowest BCUT2D eigenvalue weighted by molar-refractivity contribution is -0.152. The standard InChI is InChI=1S/C14H19N3O2/c1-4-10-6-5-7-11(8-10)15-12-9-13(18)17(14(12)19)16(2)3/h5-8,12,15H,4,9H2,1-3H3. The molecule has 1 aromatic carbocycles. The maximum atomic E-state index is 12.1. The van der Waals surface area contributed by atoms with Gasteiger partial charge in [0.15, 0.2) is 0 Å². The van der Waals surface area contributed by atoms with Crippen LogP contribution in [0.1, 0.15) is 18.9 Å². The first-order valence-corrected chi connectivity index (χ1v) is 6.42. The van der Waals surface area contributed by atoms with Crippen LogP contribution in [-0.2, 0) is 16.0 Å². The van der Waals surface area contributed by atoms with Crippen molar-refractivity contribution in [1.82, 2.24) is 10.0 Å². The Morgan fingerprint density at radius 1 is 1.37 bits per heavy atom. The van der Waals surface area contributed by atoms with E-state index in [1.54, 1.807) is 14.1 Å². The van der Waals surface area contributed by atoms with Crippen LogP contribution in [0.5, 0.6) is 0 Å². The quantitative estimate of drug-likeness (QED) is 0.829. The molecule has 19 heavy (non-hydrogen) atoms. The molecule has 1 aromatic rings. The van der Waals surface area contributed by atoms with E-state index in [4.69, 9.17) is 0 Å².